The first kappa shape index (κ1) is 36.9. The van der Waals surface area contributed by atoms with Crippen LogP contribution in [0.1, 0.15) is 83.4 Å². The van der Waals surface area contributed by atoms with Gasteiger partial charge in [0.15, 0.2) is 0 Å². The maximum Gasteiger partial charge on any atom is 0.319 e. The van der Waals surface area contributed by atoms with E-state index in [2.05, 4.69) is 26.3 Å². The van der Waals surface area contributed by atoms with Crippen LogP contribution in [0.2, 0.25) is 0 Å². The third-order valence-corrected chi connectivity index (χ3v) is 10.7. The number of Topliss-reactive ketones (excluding diaryl/α,β-unsaturated/α-hetero) is 1. The molecule has 0 spiro atoms. The molecule has 1 aromatic heterocycles. The number of anilines is 1. The van der Waals surface area contributed by atoms with Gasteiger partial charge < -0.3 is 36.4 Å². The Labute approximate surface area is 302 Å². The Hall–Kier alpha value is -4.89. The number of nitrogens with two attached hydrogens (primary N) is 1. The van der Waals surface area contributed by atoms with Crippen molar-refractivity contribution in [2.24, 2.45) is 11.7 Å². The molecule has 6 rings (SSSR count). The first-order chi connectivity index (χ1) is 24.9. The van der Waals surface area contributed by atoms with E-state index < -0.39 is 58.8 Å². The Balaban J connectivity index is 1.31. The molecule has 2 aromatic carbocycles. The molecule has 3 heterocycles. The van der Waals surface area contributed by atoms with Gasteiger partial charge in [0.2, 0.25) is 17.6 Å². The van der Waals surface area contributed by atoms with Gasteiger partial charge in [0.1, 0.15) is 23.2 Å². The SMILES string of the molecule is CC(C)(O)c1cnnn1[C@H]1C[C@@H](C(=O)NC2(C(=O)C(N)=O)CCOCC2)N(C(=O)[C@@H](CC2CCCCC2)NC(=O)Nc2cccc3ccccc23)C1. The second-order valence-corrected chi connectivity index (χ2v) is 14.8. The average Bonchev–Trinajstić information content (AvgIpc) is 3.80. The minimum absolute atomic E-state index is 0.0109. The van der Waals surface area contributed by atoms with Crippen LogP contribution in [0.3, 0.4) is 0 Å². The molecule has 278 valence electrons. The third-order valence-electron chi connectivity index (χ3n) is 10.7. The predicted molar refractivity (Wildman–Crippen MR) is 191 cm³/mol. The molecule has 3 aromatic rings. The van der Waals surface area contributed by atoms with E-state index in [1.807, 2.05) is 36.4 Å². The molecule has 3 atom stereocenters. The number of amides is 5. The Morgan fingerprint density at radius 1 is 1.04 bits per heavy atom. The maximum atomic E-state index is 14.8. The quantitative estimate of drug-likeness (QED) is 0.185. The van der Waals surface area contributed by atoms with Crippen molar-refractivity contribution in [3.63, 3.8) is 0 Å². The lowest BCUT2D eigenvalue weighted by molar-refractivity contribution is -0.147. The normalized spacial score (nSPS) is 21.3. The summed E-state index contributed by atoms with van der Waals surface area (Å²) in [5.74, 6) is -3.03. The van der Waals surface area contributed by atoms with Crippen LogP contribution in [-0.2, 0) is 29.5 Å². The minimum atomic E-state index is -1.59. The minimum Gasteiger partial charge on any atom is -0.384 e. The van der Waals surface area contributed by atoms with Crippen LogP contribution in [-0.4, -0.2) is 91.9 Å². The summed E-state index contributed by atoms with van der Waals surface area (Å²) in [6.07, 6.45) is 6.94. The fourth-order valence-electron chi connectivity index (χ4n) is 7.95. The highest BCUT2D eigenvalue weighted by atomic mass is 16.5. The molecule has 5 amide bonds. The number of carbonyl (C=O) groups excluding carboxylic acids is 5. The average molecular weight is 717 g/mol. The molecule has 0 bridgehead atoms. The lowest BCUT2D eigenvalue weighted by atomic mass is 9.84. The molecule has 52 heavy (non-hydrogen) atoms. The zero-order chi connectivity index (χ0) is 37.0. The number of aliphatic hydroxyl groups is 1. The fraction of sp³-hybridized carbons (Fsp3) is 0.541. The molecule has 15 nitrogen and oxygen atoms in total. The third kappa shape index (κ3) is 7.94. The zero-order valence-corrected chi connectivity index (χ0v) is 29.7. The smallest absolute Gasteiger partial charge is 0.319 e. The number of aromatic nitrogens is 3. The number of nitrogens with zero attached hydrogens (tertiary/aromatic N) is 4. The number of urea groups is 1. The van der Waals surface area contributed by atoms with Gasteiger partial charge in [-0.15, -0.1) is 5.10 Å². The van der Waals surface area contributed by atoms with Crippen molar-refractivity contribution in [2.45, 2.75) is 101 Å². The number of benzene rings is 2. The second-order valence-electron chi connectivity index (χ2n) is 14.8. The van der Waals surface area contributed by atoms with Gasteiger partial charge in [0.25, 0.3) is 5.91 Å². The van der Waals surface area contributed by atoms with E-state index in [0.29, 0.717) is 17.8 Å². The molecule has 0 radical (unpaired) electrons. The Morgan fingerprint density at radius 2 is 1.75 bits per heavy atom. The molecule has 2 saturated heterocycles. The van der Waals surface area contributed by atoms with E-state index in [1.165, 1.54) is 15.8 Å². The number of primary amides is 1. The van der Waals surface area contributed by atoms with Crippen LogP contribution in [0.25, 0.3) is 10.8 Å². The largest absolute Gasteiger partial charge is 0.384 e. The highest BCUT2D eigenvalue weighted by Crippen LogP contribution is 2.34. The first-order valence-corrected chi connectivity index (χ1v) is 18.1. The highest BCUT2D eigenvalue weighted by molar-refractivity contribution is 6.39. The number of rotatable bonds is 11. The summed E-state index contributed by atoms with van der Waals surface area (Å²) in [4.78, 5) is 69.5. The number of ether oxygens (including phenoxy) is 1. The molecule has 3 aliphatic rings. The van der Waals surface area contributed by atoms with Crippen LogP contribution in [0.5, 0.6) is 0 Å². The van der Waals surface area contributed by atoms with Gasteiger partial charge >= 0.3 is 6.03 Å². The Bertz CT molecular complexity index is 1800. The first-order valence-electron chi connectivity index (χ1n) is 18.1. The molecule has 0 unspecified atom stereocenters. The van der Waals surface area contributed by atoms with Crippen LogP contribution in [0.4, 0.5) is 10.5 Å². The summed E-state index contributed by atoms with van der Waals surface area (Å²) in [5, 5.41) is 29.6. The van der Waals surface area contributed by atoms with E-state index in [-0.39, 0.29) is 44.9 Å². The van der Waals surface area contributed by atoms with Crippen LogP contribution in [0.15, 0.2) is 48.7 Å². The number of likely N-dealkylation sites (tertiary alicyclic amines) is 1. The van der Waals surface area contributed by atoms with Crippen molar-refractivity contribution in [3.8, 4) is 0 Å². The van der Waals surface area contributed by atoms with E-state index in [4.69, 9.17) is 10.5 Å². The van der Waals surface area contributed by atoms with E-state index >= 15 is 0 Å². The molecule has 1 aliphatic carbocycles. The fourth-order valence-corrected chi connectivity index (χ4v) is 7.95. The summed E-state index contributed by atoms with van der Waals surface area (Å²) in [6.45, 7) is 3.45. The number of hydrogen-bond acceptors (Lipinski definition) is 9. The monoisotopic (exact) mass is 716 g/mol. The van der Waals surface area contributed by atoms with Gasteiger partial charge in [-0.3, -0.25) is 19.2 Å². The van der Waals surface area contributed by atoms with Crippen molar-refractivity contribution in [2.75, 3.05) is 25.1 Å². The molecular weight excluding hydrogens is 668 g/mol. The lowest BCUT2D eigenvalue weighted by Crippen LogP contribution is -2.64. The van der Waals surface area contributed by atoms with Crippen molar-refractivity contribution in [3.05, 3.63) is 54.4 Å². The Morgan fingerprint density at radius 3 is 2.46 bits per heavy atom. The molecule has 15 heteroatoms. The number of hydrogen-bond donors (Lipinski definition) is 5. The zero-order valence-electron chi connectivity index (χ0n) is 29.7. The second kappa shape index (κ2) is 15.4. The topological polar surface area (TPSA) is 211 Å². The number of ketones is 1. The highest BCUT2D eigenvalue weighted by Gasteiger charge is 2.49. The number of carbonyl (C=O) groups is 5. The summed E-state index contributed by atoms with van der Waals surface area (Å²) >= 11 is 0. The number of nitrogens with one attached hydrogen (secondary N) is 3. The van der Waals surface area contributed by atoms with Gasteiger partial charge in [-0.2, -0.15) is 0 Å². The van der Waals surface area contributed by atoms with Crippen molar-refractivity contribution >= 4 is 46.0 Å². The maximum absolute atomic E-state index is 14.8. The lowest BCUT2D eigenvalue weighted by Gasteiger charge is -2.37. The van der Waals surface area contributed by atoms with E-state index in [1.54, 1.807) is 19.9 Å². The predicted octanol–water partition coefficient (Wildman–Crippen LogP) is 2.68. The Kier molecular flexibility index (Phi) is 10.9. The van der Waals surface area contributed by atoms with Crippen molar-refractivity contribution in [1.82, 2.24) is 30.5 Å². The molecule has 2 aliphatic heterocycles. The summed E-state index contributed by atoms with van der Waals surface area (Å²) in [6, 6.07) is 9.99. The standard InChI is InChI=1S/C37H48N8O7/c1-36(2,51)30-21-39-43-45(30)25-20-29(33(48)42-37(31(46)32(38)47)15-17-52-18-16-37)44(22-25)34(49)28(19-23-9-4-3-5-10-23)41-35(50)40-27-14-8-12-24-11-6-7-13-26(24)27/h6-8,11-14,21,23,25,28-29,51H,3-5,9-10,15-20,22H2,1-2H3,(H2,38,47)(H,42,48)(H2,40,41,50)/t25-,28+,29-/m0/s1. The molecule has 6 N–H and O–H groups in total. The van der Waals surface area contributed by atoms with Crippen molar-refractivity contribution in [1.29, 1.82) is 0 Å². The van der Waals surface area contributed by atoms with Gasteiger partial charge in [-0.05, 0) is 37.6 Å². The molecular formula is C37H48N8O7. The van der Waals surface area contributed by atoms with Gasteiger partial charge in [-0.25, -0.2) is 9.48 Å². The van der Waals surface area contributed by atoms with E-state index in [0.717, 1.165) is 42.9 Å². The molecule has 3 fully saturated rings. The van der Waals surface area contributed by atoms with Crippen LogP contribution >= 0.6 is 0 Å². The van der Waals surface area contributed by atoms with Gasteiger partial charge in [-0.1, -0.05) is 73.7 Å². The summed E-state index contributed by atoms with van der Waals surface area (Å²) in [7, 11) is 0. The van der Waals surface area contributed by atoms with Gasteiger partial charge in [0.05, 0.1) is 23.6 Å². The molecule has 1 saturated carbocycles. The number of fused-ring (bicyclic) bond motifs is 1. The summed E-state index contributed by atoms with van der Waals surface area (Å²) < 4.78 is 6.95. The van der Waals surface area contributed by atoms with E-state index in [9.17, 15) is 29.1 Å². The van der Waals surface area contributed by atoms with Crippen LogP contribution in [0, 0.1) is 5.92 Å². The summed E-state index contributed by atoms with van der Waals surface area (Å²) in [5.41, 5.74) is 3.49. The van der Waals surface area contributed by atoms with Crippen molar-refractivity contribution < 1.29 is 33.8 Å². The van der Waals surface area contributed by atoms with Gasteiger partial charge in [0, 0.05) is 44.4 Å². The van der Waals surface area contributed by atoms with Crippen LogP contribution < -0.4 is 21.7 Å².